The Hall–Kier alpha value is -1.71. The van der Waals surface area contributed by atoms with Crippen LogP contribution in [0.3, 0.4) is 0 Å². The van der Waals surface area contributed by atoms with Gasteiger partial charge in [-0.1, -0.05) is 0 Å². The summed E-state index contributed by atoms with van der Waals surface area (Å²) in [4.78, 5) is 22.4. The Balaban J connectivity index is 2.41. The smallest absolute Gasteiger partial charge is 0.255 e. The molecule has 2 rings (SSSR count). The second-order valence-electron chi connectivity index (χ2n) is 4.36. The van der Waals surface area contributed by atoms with Gasteiger partial charge in [-0.3, -0.25) is 9.59 Å². The van der Waals surface area contributed by atoms with Crippen LogP contribution in [0.2, 0.25) is 0 Å². The van der Waals surface area contributed by atoms with Crippen molar-refractivity contribution >= 4 is 32.7 Å². The predicted octanol–water partition coefficient (Wildman–Crippen LogP) is 0.352. The molecule has 2 N–H and O–H groups in total. The molecule has 0 unspecified atom stereocenters. The summed E-state index contributed by atoms with van der Waals surface area (Å²) in [5.41, 5.74) is -0.825. The van der Waals surface area contributed by atoms with Crippen LogP contribution in [0, 0.1) is 6.92 Å². The Labute approximate surface area is 118 Å². The lowest BCUT2D eigenvalue weighted by molar-refractivity contribution is 0.460. The van der Waals surface area contributed by atoms with Gasteiger partial charge in [-0.25, -0.2) is 12.7 Å². The Morgan fingerprint density at radius 1 is 1.25 bits per heavy atom. The summed E-state index contributed by atoms with van der Waals surface area (Å²) in [7, 11) is -1.06. The van der Waals surface area contributed by atoms with Gasteiger partial charge in [0.2, 0.25) is 10.9 Å². The van der Waals surface area contributed by atoms with Crippen molar-refractivity contribution in [1.29, 1.82) is 0 Å². The third-order valence-electron chi connectivity index (χ3n) is 2.86. The van der Waals surface area contributed by atoms with Gasteiger partial charge < -0.3 is 10.4 Å². The molecule has 0 atom stereocenters. The normalized spacial score (nSPS) is 12.2. The molecule has 2 aromatic rings. The molecule has 0 fully saturated rings. The second kappa shape index (κ2) is 4.69. The van der Waals surface area contributed by atoms with Gasteiger partial charge in [0.25, 0.3) is 10.0 Å². The van der Waals surface area contributed by atoms with E-state index in [1.54, 1.807) is 0 Å². The highest BCUT2D eigenvalue weighted by Crippen LogP contribution is 2.39. The first-order valence-electron chi connectivity index (χ1n) is 5.47. The summed E-state index contributed by atoms with van der Waals surface area (Å²) in [6.07, 6.45) is 0. The first kappa shape index (κ1) is 14.7. The number of hydrogen-bond donors (Lipinski definition) is 2. The first-order valence-corrected chi connectivity index (χ1v) is 7.79. The van der Waals surface area contributed by atoms with E-state index in [4.69, 9.17) is 0 Å². The number of aromatic hydroxyl groups is 1. The minimum atomic E-state index is -3.76. The molecular weight excluding hydrogens is 304 g/mol. The molecule has 0 aliphatic rings. The minimum Gasteiger partial charge on any atom is -0.504 e. The highest BCUT2D eigenvalue weighted by molar-refractivity contribution is 7.91. The van der Waals surface area contributed by atoms with E-state index < -0.39 is 26.6 Å². The minimum absolute atomic E-state index is 0.0805. The molecule has 0 radical (unpaired) electrons. The molecule has 0 amide bonds. The van der Waals surface area contributed by atoms with Gasteiger partial charge >= 0.3 is 0 Å². The molecule has 9 heteroatoms. The summed E-state index contributed by atoms with van der Waals surface area (Å²) in [5.74, 6) is -0.462. The van der Waals surface area contributed by atoms with Crippen molar-refractivity contribution in [1.82, 2.24) is 4.31 Å². The van der Waals surface area contributed by atoms with E-state index in [9.17, 15) is 23.1 Å². The van der Waals surface area contributed by atoms with E-state index in [0.717, 1.165) is 15.6 Å². The number of anilines is 2. The van der Waals surface area contributed by atoms with Gasteiger partial charge in [0.15, 0.2) is 9.96 Å². The highest BCUT2D eigenvalue weighted by Gasteiger charge is 2.27. The molecule has 0 spiro atoms. The quantitative estimate of drug-likeness (QED) is 0.789. The van der Waals surface area contributed by atoms with Crippen LogP contribution >= 0.6 is 11.3 Å². The summed E-state index contributed by atoms with van der Waals surface area (Å²) < 4.78 is 24.6. The number of nitrogens with one attached hydrogen (secondary N) is 1. The first-order chi connectivity index (χ1) is 9.17. The SMILES string of the molecule is Cc1c(Nc2csc(S(=O)(=O)N(C)C)c2O)c(=O)c1=O. The van der Waals surface area contributed by atoms with Crippen molar-refractivity contribution in [2.45, 2.75) is 11.1 Å². The molecule has 1 heterocycles. The van der Waals surface area contributed by atoms with Crippen molar-refractivity contribution < 1.29 is 13.5 Å². The van der Waals surface area contributed by atoms with Gasteiger partial charge in [0.1, 0.15) is 0 Å². The maximum absolute atomic E-state index is 11.9. The van der Waals surface area contributed by atoms with Crippen molar-refractivity contribution in [3.63, 3.8) is 0 Å². The van der Waals surface area contributed by atoms with Crippen LogP contribution in [-0.2, 0) is 10.0 Å². The molecule has 20 heavy (non-hydrogen) atoms. The Morgan fingerprint density at radius 2 is 1.85 bits per heavy atom. The maximum Gasteiger partial charge on any atom is 0.255 e. The van der Waals surface area contributed by atoms with Gasteiger partial charge in [-0.05, 0) is 6.92 Å². The number of sulfonamides is 1. The maximum atomic E-state index is 11.9. The Kier molecular flexibility index (Phi) is 3.44. The molecule has 0 aliphatic carbocycles. The molecule has 0 aliphatic heterocycles. The lowest BCUT2D eigenvalue weighted by Gasteiger charge is -2.11. The van der Waals surface area contributed by atoms with Crippen molar-refractivity contribution in [2.75, 3.05) is 19.4 Å². The average molecular weight is 316 g/mol. The molecule has 108 valence electrons. The zero-order valence-electron chi connectivity index (χ0n) is 10.9. The van der Waals surface area contributed by atoms with Crippen LogP contribution in [0.15, 0.2) is 19.2 Å². The topological polar surface area (TPSA) is 104 Å². The summed E-state index contributed by atoms with van der Waals surface area (Å²) in [6, 6.07) is 0. The van der Waals surface area contributed by atoms with Crippen LogP contribution in [0.4, 0.5) is 11.4 Å². The van der Waals surface area contributed by atoms with Gasteiger partial charge in [-0.2, -0.15) is 0 Å². The lowest BCUT2D eigenvalue weighted by Crippen LogP contribution is -2.35. The molecule has 0 bridgehead atoms. The third kappa shape index (κ3) is 2.03. The molecule has 0 saturated heterocycles. The highest BCUT2D eigenvalue weighted by atomic mass is 32.2. The molecule has 7 nitrogen and oxygen atoms in total. The van der Waals surface area contributed by atoms with E-state index >= 15 is 0 Å². The zero-order valence-corrected chi connectivity index (χ0v) is 12.6. The van der Waals surface area contributed by atoms with Gasteiger partial charge in [0, 0.05) is 25.0 Å². The monoisotopic (exact) mass is 316 g/mol. The number of thiophene rings is 1. The zero-order chi connectivity index (χ0) is 15.2. The number of nitrogens with zero attached hydrogens (tertiary/aromatic N) is 1. The lowest BCUT2D eigenvalue weighted by atomic mass is 10.1. The van der Waals surface area contributed by atoms with Crippen LogP contribution in [0.1, 0.15) is 5.56 Å². The largest absolute Gasteiger partial charge is 0.504 e. The van der Waals surface area contributed by atoms with E-state index in [-0.39, 0.29) is 21.1 Å². The Bertz CT molecular complexity index is 841. The second-order valence-corrected chi connectivity index (χ2v) is 7.58. The van der Waals surface area contributed by atoms with E-state index in [0.29, 0.717) is 0 Å². The van der Waals surface area contributed by atoms with E-state index in [1.165, 1.54) is 26.4 Å². The molecule has 1 aromatic carbocycles. The van der Waals surface area contributed by atoms with Crippen molar-refractivity contribution in [2.24, 2.45) is 0 Å². The van der Waals surface area contributed by atoms with E-state index in [1.807, 2.05) is 0 Å². The number of rotatable bonds is 4. The summed E-state index contributed by atoms with van der Waals surface area (Å²) in [5, 5.41) is 13.9. The molecule has 0 saturated carbocycles. The average Bonchev–Trinajstić information content (AvgIpc) is 2.76. The fourth-order valence-electron chi connectivity index (χ4n) is 1.56. The van der Waals surface area contributed by atoms with Gasteiger partial charge in [0.05, 0.1) is 11.4 Å². The predicted molar refractivity (Wildman–Crippen MR) is 76.2 cm³/mol. The molecule has 1 aromatic heterocycles. The third-order valence-corrected chi connectivity index (χ3v) is 6.16. The van der Waals surface area contributed by atoms with Crippen molar-refractivity contribution in [3.8, 4) is 5.75 Å². The van der Waals surface area contributed by atoms with Gasteiger partial charge in [-0.15, -0.1) is 11.3 Å². The standard InChI is InChI=1S/C11H12N2O5S2/c1-5-7(10(16)8(5)14)12-6-4-19-11(9(6)15)20(17,18)13(2)3/h4,12,15H,1-3H3. The fourth-order valence-corrected chi connectivity index (χ4v) is 3.94. The number of hydrogen-bond acceptors (Lipinski definition) is 7. The fraction of sp³-hybridized carbons (Fsp3) is 0.273. The Morgan fingerprint density at radius 3 is 2.35 bits per heavy atom. The van der Waals surface area contributed by atoms with Crippen molar-refractivity contribution in [3.05, 3.63) is 31.4 Å². The summed E-state index contributed by atoms with van der Waals surface area (Å²) in [6.45, 7) is 1.48. The van der Waals surface area contributed by atoms with Crippen LogP contribution in [-0.4, -0.2) is 31.9 Å². The molecular formula is C11H12N2O5S2. The van der Waals surface area contributed by atoms with Crippen LogP contribution < -0.4 is 16.2 Å². The van der Waals surface area contributed by atoms with E-state index in [2.05, 4.69) is 5.32 Å². The van der Waals surface area contributed by atoms with Crippen LogP contribution in [0.25, 0.3) is 0 Å². The summed E-state index contributed by atoms with van der Waals surface area (Å²) >= 11 is 0.830. The van der Waals surface area contributed by atoms with Crippen LogP contribution in [0.5, 0.6) is 5.75 Å².